The molecule has 1 fully saturated rings. The molecule has 1 heterocycles. The van der Waals surface area contributed by atoms with Crippen LogP contribution in [0, 0.1) is 6.42 Å². The van der Waals surface area contributed by atoms with Crippen LogP contribution in [0.15, 0.2) is 24.0 Å². The van der Waals surface area contributed by atoms with Crippen LogP contribution in [-0.2, 0) is 4.74 Å². The average Bonchev–Trinajstić information content (AvgIpc) is 2.32. The summed E-state index contributed by atoms with van der Waals surface area (Å²) >= 11 is 0. The van der Waals surface area contributed by atoms with Crippen LogP contribution in [0.3, 0.4) is 0 Å². The van der Waals surface area contributed by atoms with Crippen LogP contribution >= 0.6 is 0 Å². The first-order valence-corrected chi connectivity index (χ1v) is 6.00. The number of ether oxygens (including phenoxy) is 1. The van der Waals surface area contributed by atoms with E-state index >= 15 is 0 Å². The third kappa shape index (κ3) is 3.71. The van der Waals surface area contributed by atoms with E-state index in [1.165, 1.54) is 32.4 Å². The molecule has 83 valence electrons. The quantitative estimate of drug-likeness (QED) is 0.701. The van der Waals surface area contributed by atoms with Gasteiger partial charge in [0.15, 0.2) is 0 Å². The molecule has 1 aliphatic heterocycles. The number of hydrogen-bond donors (Lipinski definition) is 0. The Balaban J connectivity index is 1.61. The van der Waals surface area contributed by atoms with Gasteiger partial charge in [-0.1, -0.05) is 12.5 Å². The minimum Gasteiger partial charge on any atom is -0.493 e. The van der Waals surface area contributed by atoms with Gasteiger partial charge in [0.25, 0.3) is 0 Å². The first-order valence-electron chi connectivity index (χ1n) is 6.00. The van der Waals surface area contributed by atoms with Gasteiger partial charge in [0.1, 0.15) is 12.4 Å². The van der Waals surface area contributed by atoms with E-state index in [0.29, 0.717) is 0 Å². The Labute approximate surface area is 92.6 Å². The third-order valence-corrected chi connectivity index (χ3v) is 2.98. The molecule has 0 bridgehead atoms. The fraction of sp³-hybridized carbons (Fsp3) is 0.615. The van der Waals surface area contributed by atoms with Crippen LogP contribution in [0.5, 0.6) is 0 Å². The Morgan fingerprint density at radius 3 is 2.80 bits per heavy atom. The fourth-order valence-electron chi connectivity index (χ4n) is 2.08. The van der Waals surface area contributed by atoms with E-state index in [1.807, 2.05) is 6.08 Å². The molecule has 0 aromatic rings. The van der Waals surface area contributed by atoms with Gasteiger partial charge < -0.3 is 4.74 Å². The average molecular weight is 206 g/mol. The summed E-state index contributed by atoms with van der Waals surface area (Å²) in [5.74, 6) is 1.04. The van der Waals surface area contributed by atoms with Gasteiger partial charge in [0.05, 0.1) is 0 Å². The van der Waals surface area contributed by atoms with Crippen molar-refractivity contribution >= 4 is 0 Å². The summed E-state index contributed by atoms with van der Waals surface area (Å²) in [6, 6.07) is 0. The second-order valence-electron chi connectivity index (χ2n) is 4.19. The molecule has 0 aromatic heterocycles. The molecular formula is C13H20NO. The van der Waals surface area contributed by atoms with Gasteiger partial charge in [0.2, 0.25) is 0 Å². The standard InChI is InChI=1S/C13H20NO/c1-3-7-13(8-4-1)15-12-11-14-9-5-2-6-10-14/h1,3,7-8H,2,4-6,9-12H2. The third-order valence-electron chi connectivity index (χ3n) is 2.98. The van der Waals surface area contributed by atoms with Crippen molar-refractivity contribution in [1.82, 2.24) is 4.90 Å². The molecular weight excluding hydrogens is 186 g/mol. The summed E-state index contributed by atoms with van der Waals surface area (Å²) in [6.07, 6.45) is 13.5. The molecule has 2 nitrogen and oxygen atoms in total. The minimum atomic E-state index is 0.830. The molecule has 2 heteroatoms. The van der Waals surface area contributed by atoms with Gasteiger partial charge in [-0.25, -0.2) is 0 Å². The second kappa shape index (κ2) is 5.96. The summed E-state index contributed by atoms with van der Waals surface area (Å²) in [6.45, 7) is 4.42. The largest absolute Gasteiger partial charge is 0.493 e. The van der Waals surface area contributed by atoms with E-state index in [4.69, 9.17) is 4.74 Å². The van der Waals surface area contributed by atoms with Crippen molar-refractivity contribution in [3.05, 3.63) is 30.4 Å². The van der Waals surface area contributed by atoms with Crippen molar-refractivity contribution in [3.8, 4) is 0 Å². The molecule has 2 aliphatic rings. The molecule has 0 unspecified atom stereocenters. The van der Waals surface area contributed by atoms with E-state index in [-0.39, 0.29) is 0 Å². The van der Waals surface area contributed by atoms with Gasteiger partial charge in [-0.15, -0.1) is 0 Å². The van der Waals surface area contributed by atoms with Crippen LogP contribution in [0.1, 0.15) is 25.7 Å². The molecule has 0 aromatic carbocycles. The van der Waals surface area contributed by atoms with Gasteiger partial charge in [-0.05, 0) is 50.9 Å². The van der Waals surface area contributed by atoms with Crippen molar-refractivity contribution in [1.29, 1.82) is 0 Å². The summed E-state index contributed by atoms with van der Waals surface area (Å²) in [5.41, 5.74) is 0. The number of likely N-dealkylation sites (tertiary alicyclic amines) is 1. The first-order chi connectivity index (χ1) is 7.45. The maximum atomic E-state index is 5.70. The Bertz CT molecular complexity index is 239. The van der Waals surface area contributed by atoms with Gasteiger partial charge in [-0.3, -0.25) is 4.90 Å². The lowest BCUT2D eigenvalue weighted by Crippen LogP contribution is -2.32. The van der Waals surface area contributed by atoms with Crippen LogP contribution in [-0.4, -0.2) is 31.1 Å². The van der Waals surface area contributed by atoms with E-state index in [0.717, 1.165) is 25.3 Å². The summed E-state index contributed by atoms with van der Waals surface area (Å²) in [5, 5.41) is 0. The van der Waals surface area contributed by atoms with Gasteiger partial charge in [-0.2, -0.15) is 0 Å². The van der Waals surface area contributed by atoms with Crippen LogP contribution in [0.2, 0.25) is 0 Å². The topological polar surface area (TPSA) is 12.5 Å². The number of allylic oxidation sites excluding steroid dienone is 3. The lowest BCUT2D eigenvalue weighted by Gasteiger charge is -2.26. The number of rotatable bonds is 4. The molecule has 1 radical (unpaired) electrons. The number of hydrogen-bond acceptors (Lipinski definition) is 2. The second-order valence-corrected chi connectivity index (χ2v) is 4.19. The highest BCUT2D eigenvalue weighted by molar-refractivity contribution is 5.21. The van der Waals surface area contributed by atoms with E-state index in [9.17, 15) is 0 Å². The van der Waals surface area contributed by atoms with Crippen molar-refractivity contribution in [2.75, 3.05) is 26.2 Å². The van der Waals surface area contributed by atoms with Crippen molar-refractivity contribution < 1.29 is 4.74 Å². The summed E-state index contributed by atoms with van der Waals surface area (Å²) in [4.78, 5) is 2.50. The van der Waals surface area contributed by atoms with Crippen LogP contribution in [0.25, 0.3) is 0 Å². The minimum absolute atomic E-state index is 0.830. The Morgan fingerprint density at radius 2 is 2.07 bits per heavy atom. The highest BCUT2D eigenvalue weighted by atomic mass is 16.5. The molecule has 2 rings (SSSR count). The predicted octanol–water partition coefficient (Wildman–Crippen LogP) is 2.54. The summed E-state index contributed by atoms with van der Waals surface area (Å²) < 4.78 is 5.70. The Hall–Kier alpha value is -0.760. The number of piperidine rings is 1. The highest BCUT2D eigenvalue weighted by Gasteiger charge is 2.09. The maximum absolute atomic E-state index is 5.70. The fourth-order valence-corrected chi connectivity index (χ4v) is 2.08. The van der Waals surface area contributed by atoms with Crippen molar-refractivity contribution in [2.45, 2.75) is 25.7 Å². The number of nitrogens with zero attached hydrogens (tertiary/aromatic N) is 1. The van der Waals surface area contributed by atoms with Crippen molar-refractivity contribution in [2.24, 2.45) is 0 Å². The lowest BCUT2D eigenvalue weighted by molar-refractivity contribution is 0.148. The molecule has 0 N–H and O–H groups in total. The first kappa shape index (κ1) is 10.7. The zero-order valence-corrected chi connectivity index (χ0v) is 9.32. The monoisotopic (exact) mass is 206 g/mol. The highest BCUT2D eigenvalue weighted by Crippen LogP contribution is 2.11. The Kier molecular flexibility index (Phi) is 4.27. The summed E-state index contributed by atoms with van der Waals surface area (Å²) in [7, 11) is 0. The molecule has 0 amide bonds. The van der Waals surface area contributed by atoms with Gasteiger partial charge in [0, 0.05) is 6.54 Å². The molecule has 1 saturated heterocycles. The van der Waals surface area contributed by atoms with Crippen molar-refractivity contribution in [3.63, 3.8) is 0 Å². The SMILES string of the molecule is [CH]1C=CC(OCCN2CCCCC2)=CC1. The smallest absolute Gasteiger partial charge is 0.115 e. The Morgan fingerprint density at radius 1 is 1.20 bits per heavy atom. The molecule has 0 spiro atoms. The molecule has 0 atom stereocenters. The zero-order chi connectivity index (χ0) is 10.3. The maximum Gasteiger partial charge on any atom is 0.115 e. The van der Waals surface area contributed by atoms with Crippen LogP contribution in [0.4, 0.5) is 0 Å². The predicted molar refractivity (Wildman–Crippen MR) is 62.4 cm³/mol. The van der Waals surface area contributed by atoms with Gasteiger partial charge >= 0.3 is 0 Å². The zero-order valence-electron chi connectivity index (χ0n) is 9.32. The molecule has 15 heavy (non-hydrogen) atoms. The normalized spacial score (nSPS) is 22.5. The van der Waals surface area contributed by atoms with E-state index in [1.54, 1.807) is 0 Å². The lowest BCUT2D eigenvalue weighted by atomic mass is 10.1. The van der Waals surface area contributed by atoms with E-state index < -0.39 is 0 Å². The molecule has 1 aliphatic carbocycles. The van der Waals surface area contributed by atoms with Crippen LogP contribution < -0.4 is 0 Å². The van der Waals surface area contributed by atoms with E-state index in [2.05, 4.69) is 23.5 Å². The molecule has 0 saturated carbocycles.